The summed E-state index contributed by atoms with van der Waals surface area (Å²) < 4.78 is 5.20. The first-order chi connectivity index (χ1) is 6.49. The smallest absolute Gasteiger partial charge is 0.319 e. The molecule has 0 atom stereocenters. The van der Waals surface area contributed by atoms with Crippen LogP contribution in [0.5, 0.6) is 0 Å². The second-order valence-electron chi connectivity index (χ2n) is 4.87. The number of urea groups is 1. The summed E-state index contributed by atoms with van der Waals surface area (Å²) in [6.45, 7) is 8.98. The van der Waals surface area contributed by atoms with Crippen molar-refractivity contribution in [2.24, 2.45) is 5.41 Å². The Morgan fingerprint density at radius 3 is 2.71 bits per heavy atom. The van der Waals surface area contributed by atoms with E-state index < -0.39 is 0 Å². The van der Waals surface area contributed by atoms with Gasteiger partial charge in [-0.2, -0.15) is 0 Å². The number of carbonyl (C=O) groups is 1. The summed E-state index contributed by atoms with van der Waals surface area (Å²) in [4.78, 5) is 13.3. The molecule has 0 aliphatic carbocycles. The first kappa shape index (κ1) is 11.3. The molecule has 0 unspecified atom stereocenters. The van der Waals surface area contributed by atoms with Gasteiger partial charge in [-0.1, -0.05) is 20.8 Å². The Morgan fingerprint density at radius 2 is 2.21 bits per heavy atom. The molecule has 0 bridgehead atoms. The fourth-order valence-electron chi connectivity index (χ4n) is 1.21. The third-order valence-electron chi connectivity index (χ3n) is 2.02. The fourth-order valence-corrected chi connectivity index (χ4v) is 1.21. The van der Waals surface area contributed by atoms with Crippen LogP contribution in [0.25, 0.3) is 0 Å². The van der Waals surface area contributed by atoms with Gasteiger partial charge in [0.05, 0.1) is 6.61 Å². The molecule has 2 amide bonds. The maximum Gasteiger partial charge on any atom is 0.319 e. The van der Waals surface area contributed by atoms with Gasteiger partial charge < -0.3 is 15.0 Å². The highest BCUT2D eigenvalue weighted by atomic mass is 16.5. The van der Waals surface area contributed by atoms with Crippen molar-refractivity contribution in [2.45, 2.75) is 27.2 Å². The first-order valence-corrected chi connectivity index (χ1v) is 5.09. The van der Waals surface area contributed by atoms with Crippen LogP contribution in [0.15, 0.2) is 0 Å². The maximum absolute atomic E-state index is 11.6. The highest BCUT2D eigenvalue weighted by molar-refractivity contribution is 5.74. The Kier molecular flexibility index (Phi) is 3.75. The minimum absolute atomic E-state index is 0.0142. The van der Waals surface area contributed by atoms with Gasteiger partial charge in [-0.15, -0.1) is 0 Å². The molecular weight excluding hydrogens is 180 g/mol. The van der Waals surface area contributed by atoms with Crippen molar-refractivity contribution in [1.29, 1.82) is 0 Å². The number of hydrogen-bond acceptors (Lipinski definition) is 2. The molecule has 1 aliphatic rings. The zero-order valence-electron chi connectivity index (χ0n) is 9.30. The molecule has 1 saturated heterocycles. The van der Waals surface area contributed by atoms with Crippen molar-refractivity contribution in [3.05, 3.63) is 0 Å². The largest absolute Gasteiger partial charge is 0.361 e. The Morgan fingerprint density at radius 1 is 1.50 bits per heavy atom. The van der Waals surface area contributed by atoms with Gasteiger partial charge >= 0.3 is 6.03 Å². The molecular formula is C10H20N2O2. The Bertz CT molecular complexity index is 193. The van der Waals surface area contributed by atoms with Crippen molar-refractivity contribution < 1.29 is 9.53 Å². The lowest BCUT2D eigenvalue weighted by atomic mass is 9.97. The van der Waals surface area contributed by atoms with Crippen LogP contribution in [-0.4, -0.2) is 37.4 Å². The van der Waals surface area contributed by atoms with Gasteiger partial charge in [-0.05, 0) is 11.8 Å². The van der Waals surface area contributed by atoms with E-state index in [1.165, 1.54) is 0 Å². The van der Waals surface area contributed by atoms with Gasteiger partial charge in [0.2, 0.25) is 0 Å². The van der Waals surface area contributed by atoms with Crippen LogP contribution in [0, 0.1) is 5.41 Å². The maximum atomic E-state index is 11.6. The summed E-state index contributed by atoms with van der Waals surface area (Å²) in [5.74, 6) is 0. The number of carbonyl (C=O) groups excluding carboxylic acids is 1. The van der Waals surface area contributed by atoms with Crippen LogP contribution in [0.4, 0.5) is 4.79 Å². The predicted octanol–water partition coefficient (Wildman–Crippen LogP) is 1.42. The molecule has 0 aromatic carbocycles. The SMILES string of the molecule is CC(C)(C)CNC(=O)N1CCCOC1. The van der Waals surface area contributed by atoms with Crippen LogP contribution in [0.1, 0.15) is 27.2 Å². The lowest BCUT2D eigenvalue weighted by Crippen LogP contribution is -2.46. The zero-order chi connectivity index (χ0) is 10.6. The van der Waals surface area contributed by atoms with Crippen molar-refractivity contribution in [2.75, 3.05) is 26.4 Å². The highest BCUT2D eigenvalue weighted by Crippen LogP contribution is 2.10. The van der Waals surface area contributed by atoms with E-state index >= 15 is 0 Å². The van der Waals surface area contributed by atoms with Crippen LogP contribution in [0.3, 0.4) is 0 Å². The summed E-state index contributed by atoms with van der Waals surface area (Å²) in [7, 11) is 0. The summed E-state index contributed by atoms with van der Waals surface area (Å²) in [6.07, 6.45) is 0.933. The number of hydrogen-bond donors (Lipinski definition) is 1. The molecule has 82 valence electrons. The van der Waals surface area contributed by atoms with Gasteiger partial charge in [-0.25, -0.2) is 4.79 Å². The molecule has 1 rings (SSSR count). The van der Waals surface area contributed by atoms with Crippen LogP contribution in [-0.2, 0) is 4.74 Å². The standard InChI is InChI=1S/C10H20N2O2/c1-10(2,3)7-11-9(13)12-5-4-6-14-8-12/h4-8H2,1-3H3,(H,11,13). The second-order valence-corrected chi connectivity index (χ2v) is 4.87. The summed E-state index contributed by atoms with van der Waals surface area (Å²) in [5, 5.41) is 2.90. The normalized spacial score (nSPS) is 18.1. The Hall–Kier alpha value is -0.770. The van der Waals surface area contributed by atoms with Gasteiger partial charge in [-0.3, -0.25) is 0 Å². The number of ether oxygens (including phenoxy) is 1. The number of rotatable bonds is 1. The third kappa shape index (κ3) is 3.96. The van der Waals surface area contributed by atoms with Crippen molar-refractivity contribution in [3.8, 4) is 0 Å². The van der Waals surface area contributed by atoms with Crippen LogP contribution >= 0.6 is 0 Å². The third-order valence-corrected chi connectivity index (χ3v) is 2.02. The minimum Gasteiger partial charge on any atom is -0.361 e. The van der Waals surface area contributed by atoms with E-state index in [0.29, 0.717) is 13.3 Å². The van der Waals surface area contributed by atoms with E-state index in [1.54, 1.807) is 4.90 Å². The summed E-state index contributed by atoms with van der Waals surface area (Å²) >= 11 is 0. The molecule has 0 spiro atoms. The van der Waals surface area contributed by atoms with Crippen LogP contribution < -0.4 is 5.32 Å². The summed E-state index contributed by atoms with van der Waals surface area (Å²) in [6, 6.07) is -0.0142. The molecule has 1 heterocycles. The molecule has 0 aromatic rings. The molecule has 0 saturated carbocycles. The molecule has 0 aromatic heterocycles. The van der Waals surface area contributed by atoms with E-state index in [0.717, 1.165) is 19.6 Å². The molecule has 1 aliphatic heterocycles. The van der Waals surface area contributed by atoms with Gasteiger partial charge in [0, 0.05) is 13.1 Å². The molecule has 0 radical (unpaired) electrons. The molecule has 4 heteroatoms. The summed E-state index contributed by atoms with van der Waals surface area (Å²) in [5.41, 5.74) is 0.131. The minimum atomic E-state index is -0.0142. The van der Waals surface area contributed by atoms with E-state index in [4.69, 9.17) is 4.74 Å². The quantitative estimate of drug-likeness (QED) is 0.695. The average molecular weight is 200 g/mol. The van der Waals surface area contributed by atoms with E-state index in [-0.39, 0.29) is 11.4 Å². The number of amides is 2. The molecule has 14 heavy (non-hydrogen) atoms. The first-order valence-electron chi connectivity index (χ1n) is 5.09. The highest BCUT2D eigenvalue weighted by Gasteiger charge is 2.18. The van der Waals surface area contributed by atoms with Gasteiger partial charge in [0.25, 0.3) is 0 Å². The van der Waals surface area contributed by atoms with Gasteiger partial charge in [0.15, 0.2) is 0 Å². The lowest BCUT2D eigenvalue weighted by molar-refractivity contribution is 0.00838. The molecule has 1 N–H and O–H groups in total. The van der Waals surface area contributed by atoms with E-state index in [9.17, 15) is 4.79 Å². The van der Waals surface area contributed by atoms with E-state index in [1.807, 2.05) is 0 Å². The van der Waals surface area contributed by atoms with Crippen molar-refractivity contribution in [1.82, 2.24) is 10.2 Å². The van der Waals surface area contributed by atoms with Crippen molar-refractivity contribution in [3.63, 3.8) is 0 Å². The zero-order valence-corrected chi connectivity index (χ0v) is 9.30. The average Bonchev–Trinajstić information content (AvgIpc) is 2.14. The number of nitrogens with zero attached hydrogens (tertiary/aromatic N) is 1. The fraction of sp³-hybridized carbons (Fsp3) is 0.900. The second kappa shape index (κ2) is 4.64. The van der Waals surface area contributed by atoms with Crippen LogP contribution in [0.2, 0.25) is 0 Å². The topological polar surface area (TPSA) is 41.6 Å². The van der Waals surface area contributed by atoms with Crippen molar-refractivity contribution >= 4 is 6.03 Å². The number of nitrogens with one attached hydrogen (secondary N) is 1. The van der Waals surface area contributed by atoms with E-state index in [2.05, 4.69) is 26.1 Å². The van der Waals surface area contributed by atoms with Gasteiger partial charge in [0.1, 0.15) is 6.73 Å². The predicted molar refractivity (Wildman–Crippen MR) is 55.0 cm³/mol. The molecule has 1 fully saturated rings. The Labute approximate surface area is 85.6 Å². The monoisotopic (exact) mass is 200 g/mol. The lowest BCUT2D eigenvalue weighted by Gasteiger charge is -2.28. The molecule has 4 nitrogen and oxygen atoms in total. The Balaban J connectivity index is 2.27.